The number of nitriles is 1. The number of aryl methyl sites for hydroxylation is 1. The predicted octanol–water partition coefficient (Wildman–Crippen LogP) is 0.916. The van der Waals surface area contributed by atoms with E-state index in [1.807, 2.05) is 6.07 Å². The van der Waals surface area contributed by atoms with Gasteiger partial charge in [0.2, 0.25) is 10.0 Å². The van der Waals surface area contributed by atoms with Crippen LogP contribution in [0.15, 0.2) is 23.1 Å². The minimum absolute atomic E-state index is 0.133. The first kappa shape index (κ1) is 14.6. The molecule has 5 nitrogen and oxygen atoms in total. The van der Waals surface area contributed by atoms with Crippen LogP contribution in [-0.4, -0.2) is 26.2 Å². The van der Waals surface area contributed by atoms with Gasteiger partial charge in [-0.2, -0.15) is 5.26 Å². The molecule has 2 N–H and O–H groups in total. The fourth-order valence-electron chi connectivity index (χ4n) is 1.55. The molecule has 0 saturated carbocycles. The first-order valence-corrected chi connectivity index (χ1v) is 7.06. The molecule has 0 unspecified atom stereocenters. The van der Waals surface area contributed by atoms with Gasteiger partial charge in [0.05, 0.1) is 23.1 Å². The van der Waals surface area contributed by atoms with Crippen LogP contribution in [0, 0.1) is 18.3 Å². The molecule has 0 heterocycles. The van der Waals surface area contributed by atoms with Gasteiger partial charge in [-0.25, -0.2) is 13.1 Å². The number of rotatable bonds is 5. The van der Waals surface area contributed by atoms with Crippen molar-refractivity contribution in [2.75, 3.05) is 6.61 Å². The predicted molar refractivity (Wildman–Crippen MR) is 67.4 cm³/mol. The number of nitrogens with one attached hydrogen (secondary N) is 1. The summed E-state index contributed by atoms with van der Waals surface area (Å²) in [6.45, 7) is 3.18. The van der Waals surface area contributed by atoms with Crippen LogP contribution in [0.3, 0.4) is 0 Å². The van der Waals surface area contributed by atoms with E-state index >= 15 is 0 Å². The van der Waals surface area contributed by atoms with E-state index < -0.39 is 16.1 Å². The highest BCUT2D eigenvalue weighted by Gasteiger charge is 2.20. The van der Waals surface area contributed by atoms with Crippen molar-refractivity contribution in [3.63, 3.8) is 0 Å². The zero-order valence-electron chi connectivity index (χ0n) is 10.3. The van der Waals surface area contributed by atoms with Crippen molar-refractivity contribution in [3.8, 4) is 6.07 Å². The third kappa shape index (κ3) is 3.29. The molecular weight excluding hydrogens is 252 g/mol. The third-order valence-electron chi connectivity index (χ3n) is 2.63. The van der Waals surface area contributed by atoms with Gasteiger partial charge in [-0.3, -0.25) is 0 Å². The zero-order chi connectivity index (χ0) is 13.8. The van der Waals surface area contributed by atoms with Crippen molar-refractivity contribution in [2.24, 2.45) is 0 Å². The van der Waals surface area contributed by atoms with Gasteiger partial charge in [-0.1, -0.05) is 6.92 Å². The van der Waals surface area contributed by atoms with Crippen LogP contribution in [0.25, 0.3) is 0 Å². The number of sulfonamides is 1. The lowest BCUT2D eigenvalue weighted by Crippen LogP contribution is -2.37. The fraction of sp³-hybridized carbons (Fsp3) is 0.417. The molecule has 0 saturated heterocycles. The SMILES string of the molecule is CC[C@@H](CO)NS(=O)(=O)c1ccc(C#N)cc1C. The molecule has 0 spiro atoms. The molecule has 1 atom stereocenters. The summed E-state index contributed by atoms with van der Waals surface area (Å²) in [7, 11) is -3.66. The lowest BCUT2D eigenvalue weighted by Gasteiger charge is -2.15. The van der Waals surface area contributed by atoms with E-state index in [1.165, 1.54) is 18.2 Å². The summed E-state index contributed by atoms with van der Waals surface area (Å²) in [6.07, 6.45) is 0.505. The first-order valence-electron chi connectivity index (χ1n) is 5.58. The fourth-order valence-corrected chi connectivity index (χ4v) is 3.09. The summed E-state index contributed by atoms with van der Waals surface area (Å²) in [4.78, 5) is 0.133. The van der Waals surface area contributed by atoms with E-state index in [1.54, 1.807) is 13.8 Å². The van der Waals surface area contributed by atoms with Gasteiger partial charge < -0.3 is 5.11 Å². The standard InChI is InChI=1S/C12H16N2O3S/c1-3-11(8-15)14-18(16,17)12-5-4-10(7-13)6-9(12)2/h4-6,11,14-15H,3,8H2,1-2H3/t11-/m0/s1. The van der Waals surface area contributed by atoms with Crippen LogP contribution >= 0.6 is 0 Å². The molecule has 18 heavy (non-hydrogen) atoms. The minimum atomic E-state index is -3.66. The smallest absolute Gasteiger partial charge is 0.241 e. The second kappa shape index (κ2) is 5.96. The maximum atomic E-state index is 12.1. The lowest BCUT2D eigenvalue weighted by atomic mass is 10.2. The maximum absolute atomic E-state index is 12.1. The van der Waals surface area contributed by atoms with Crippen molar-refractivity contribution < 1.29 is 13.5 Å². The van der Waals surface area contributed by atoms with Gasteiger partial charge in [-0.15, -0.1) is 0 Å². The second-order valence-electron chi connectivity index (χ2n) is 4.00. The Labute approximate surface area is 107 Å². The van der Waals surface area contributed by atoms with E-state index in [9.17, 15) is 8.42 Å². The van der Waals surface area contributed by atoms with Gasteiger partial charge in [0.15, 0.2) is 0 Å². The van der Waals surface area contributed by atoms with Crippen LogP contribution in [0.1, 0.15) is 24.5 Å². The van der Waals surface area contributed by atoms with E-state index in [0.717, 1.165) is 0 Å². The van der Waals surface area contributed by atoms with Crippen molar-refractivity contribution in [3.05, 3.63) is 29.3 Å². The molecule has 0 aliphatic heterocycles. The summed E-state index contributed by atoms with van der Waals surface area (Å²) in [5.74, 6) is 0. The Morgan fingerprint density at radius 1 is 1.50 bits per heavy atom. The average molecular weight is 268 g/mol. The summed E-state index contributed by atoms with van der Waals surface area (Å²) in [6, 6.07) is 5.84. The maximum Gasteiger partial charge on any atom is 0.241 e. The highest BCUT2D eigenvalue weighted by atomic mass is 32.2. The third-order valence-corrected chi connectivity index (χ3v) is 4.31. The Hall–Kier alpha value is -1.42. The molecule has 0 bridgehead atoms. The van der Waals surface area contributed by atoms with E-state index in [4.69, 9.17) is 10.4 Å². The summed E-state index contributed by atoms with van der Waals surface area (Å²) < 4.78 is 26.6. The van der Waals surface area contributed by atoms with Crippen LogP contribution in [0.2, 0.25) is 0 Å². The quantitative estimate of drug-likeness (QED) is 0.830. The normalized spacial score (nSPS) is 13.0. The van der Waals surface area contributed by atoms with Gasteiger partial charge >= 0.3 is 0 Å². The van der Waals surface area contributed by atoms with Crippen molar-refractivity contribution in [1.82, 2.24) is 4.72 Å². The Morgan fingerprint density at radius 2 is 2.17 bits per heavy atom. The highest BCUT2D eigenvalue weighted by Crippen LogP contribution is 2.17. The Bertz CT molecular complexity index is 557. The molecule has 0 aliphatic rings. The van der Waals surface area contributed by atoms with Crippen LogP contribution in [-0.2, 0) is 10.0 Å². The molecular formula is C12H16N2O3S. The van der Waals surface area contributed by atoms with Gasteiger partial charge in [0.25, 0.3) is 0 Å². The number of hydrogen-bond acceptors (Lipinski definition) is 4. The zero-order valence-corrected chi connectivity index (χ0v) is 11.2. The second-order valence-corrected chi connectivity index (χ2v) is 5.68. The molecule has 0 aliphatic carbocycles. The molecule has 1 aromatic carbocycles. The topological polar surface area (TPSA) is 90.2 Å². The Balaban J connectivity index is 3.10. The molecule has 0 aromatic heterocycles. The summed E-state index contributed by atoms with van der Waals surface area (Å²) in [5, 5.41) is 17.7. The highest BCUT2D eigenvalue weighted by molar-refractivity contribution is 7.89. The lowest BCUT2D eigenvalue weighted by molar-refractivity contribution is 0.254. The van der Waals surface area contributed by atoms with Gasteiger partial charge in [0.1, 0.15) is 0 Å². The van der Waals surface area contributed by atoms with Crippen molar-refractivity contribution >= 4 is 10.0 Å². The van der Waals surface area contributed by atoms with Crippen LogP contribution in [0.4, 0.5) is 0 Å². The summed E-state index contributed by atoms with van der Waals surface area (Å²) in [5.41, 5.74) is 0.926. The molecule has 0 radical (unpaired) electrons. The molecule has 6 heteroatoms. The Morgan fingerprint density at radius 3 is 2.61 bits per heavy atom. The number of aliphatic hydroxyl groups is 1. The molecule has 0 amide bonds. The van der Waals surface area contributed by atoms with E-state index in [-0.39, 0.29) is 11.5 Å². The summed E-state index contributed by atoms with van der Waals surface area (Å²) >= 11 is 0. The van der Waals surface area contributed by atoms with E-state index in [2.05, 4.69) is 4.72 Å². The number of aliphatic hydroxyl groups excluding tert-OH is 1. The molecule has 0 fully saturated rings. The van der Waals surface area contributed by atoms with Crippen LogP contribution < -0.4 is 4.72 Å². The monoisotopic (exact) mass is 268 g/mol. The largest absolute Gasteiger partial charge is 0.395 e. The van der Waals surface area contributed by atoms with Crippen molar-refractivity contribution in [2.45, 2.75) is 31.2 Å². The molecule has 1 aromatic rings. The average Bonchev–Trinajstić information content (AvgIpc) is 2.35. The van der Waals surface area contributed by atoms with Gasteiger partial charge in [-0.05, 0) is 37.1 Å². The van der Waals surface area contributed by atoms with Gasteiger partial charge in [0, 0.05) is 6.04 Å². The first-order chi connectivity index (χ1) is 8.44. The van der Waals surface area contributed by atoms with Crippen molar-refractivity contribution in [1.29, 1.82) is 5.26 Å². The molecule has 1 rings (SSSR count). The molecule has 98 valence electrons. The van der Waals surface area contributed by atoms with E-state index in [0.29, 0.717) is 17.5 Å². The number of nitrogens with zero attached hydrogens (tertiary/aromatic N) is 1. The van der Waals surface area contributed by atoms with Crippen LogP contribution in [0.5, 0.6) is 0 Å². The number of hydrogen-bond donors (Lipinski definition) is 2. The Kier molecular flexibility index (Phi) is 4.84. The number of benzene rings is 1. The minimum Gasteiger partial charge on any atom is -0.395 e.